The Kier molecular flexibility index (Phi) is 1.75. The van der Waals surface area contributed by atoms with Crippen molar-refractivity contribution < 1.29 is 0 Å². The Morgan fingerprint density at radius 3 is 2.17 bits per heavy atom. The average molecular weight is 233 g/mol. The van der Waals surface area contributed by atoms with Crippen LogP contribution in [-0.4, -0.2) is 14.5 Å². The highest BCUT2D eigenvalue weighted by molar-refractivity contribution is 6.21. The van der Waals surface area contributed by atoms with Crippen LogP contribution in [0.3, 0.4) is 0 Å². The van der Waals surface area contributed by atoms with E-state index in [4.69, 9.17) is 0 Å². The highest BCUT2D eigenvalue weighted by Gasteiger charge is 2.11. The van der Waals surface area contributed by atoms with Crippen molar-refractivity contribution in [3.05, 3.63) is 48.9 Å². The van der Waals surface area contributed by atoms with Gasteiger partial charge in [0.1, 0.15) is 0 Å². The van der Waals surface area contributed by atoms with Gasteiger partial charge in [0.25, 0.3) is 0 Å². The molecule has 0 unspecified atom stereocenters. The van der Waals surface area contributed by atoms with Crippen molar-refractivity contribution in [3.8, 4) is 0 Å². The average Bonchev–Trinajstić information content (AvgIpc) is 2.82. The van der Waals surface area contributed by atoms with Crippen LogP contribution in [0.2, 0.25) is 0 Å². The van der Waals surface area contributed by atoms with Gasteiger partial charge in [0.2, 0.25) is 0 Å². The molecule has 0 N–H and O–H groups in total. The van der Waals surface area contributed by atoms with Gasteiger partial charge in [-0.2, -0.15) is 0 Å². The van der Waals surface area contributed by atoms with Gasteiger partial charge in [-0.25, -0.2) is 0 Å². The SMILES string of the molecule is Cn1ccc2c3ncccc3c3ncccc3c21. The van der Waals surface area contributed by atoms with Crippen LogP contribution in [-0.2, 0) is 7.05 Å². The molecular formula is C15H11N3. The van der Waals surface area contributed by atoms with Crippen LogP contribution in [0, 0.1) is 0 Å². The first-order valence-electron chi connectivity index (χ1n) is 5.93. The van der Waals surface area contributed by atoms with Crippen LogP contribution in [0.25, 0.3) is 32.7 Å². The molecule has 4 aromatic rings. The largest absolute Gasteiger partial charge is 0.350 e. The molecule has 3 heterocycles. The van der Waals surface area contributed by atoms with Gasteiger partial charge >= 0.3 is 0 Å². The van der Waals surface area contributed by atoms with Gasteiger partial charge in [-0.05, 0) is 30.3 Å². The quantitative estimate of drug-likeness (QED) is 0.436. The highest BCUT2D eigenvalue weighted by atomic mass is 14.9. The summed E-state index contributed by atoms with van der Waals surface area (Å²) in [4.78, 5) is 9.05. The zero-order valence-corrected chi connectivity index (χ0v) is 9.96. The van der Waals surface area contributed by atoms with Crippen molar-refractivity contribution in [3.63, 3.8) is 0 Å². The van der Waals surface area contributed by atoms with E-state index in [0.717, 1.165) is 16.4 Å². The van der Waals surface area contributed by atoms with Crippen LogP contribution in [0.1, 0.15) is 0 Å². The Morgan fingerprint density at radius 2 is 1.44 bits per heavy atom. The molecule has 0 atom stereocenters. The first kappa shape index (κ1) is 9.59. The maximum atomic E-state index is 4.53. The molecular weight excluding hydrogens is 222 g/mol. The smallest absolute Gasteiger partial charge is 0.0817 e. The molecule has 3 aromatic heterocycles. The lowest BCUT2D eigenvalue weighted by molar-refractivity contribution is 0.973. The summed E-state index contributed by atoms with van der Waals surface area (Å²) in [6.07, 6.45) is 5.75. The zero-order chi connectivity index (χ0) is 12.1. The van der Waals surface area contributed by atoms with Crippen LogP contribution >= 0.6 is 0 Å². The van der Waals surface area contributed by atoms with E-state index in [2.05, 4.69) is 46.0 Å². The number of hydrogen-bond acceptors (Lipinski definition) is 2. The Bertz CT molecular complexity index is 890. The normalized spacial score (nSPS) is 11.6. The number of pyridine rings is 2. The molecule has 0 aliphatic rings. The molecule has 0 saturated carbocycles. The fourth-order valence-corrected chi connectivity index (χ4v) is 2.68. The van der Waals surface area contributed by atoms with Crippen molar-refractivity contribution in [2.24, 2.45) is 7.05 Å². The standard InChI is InChI=1S/C15H11N3/c1-18-9-6-12-14-10(4-2-7-17-14)13-11(15(12)18)5-3-8-16-13/h2-9H,1H3. The summed E-state index contributed by atoms with van der Waals surface area (Å²) in [5, 5.41) is 3.49. The molecule has 1 aromatic carbocycles. The van der Waals surface area contributed by atoms with Crippen LogP contribution in [0.5, 0.6) is 0 Å². The predicted molar refractivity (Wildman–Crippen MR) is 73.5 cm³/mol. The zero-order valence-electron chi connectivity index (χ0n) is 9.96. The molecule has 3 nitrogen and oxygen atoms in total. The van der Waals surface area contributed by atoms with E-state index in [0.29, 0.717) is 0 Å². The molecule has 0 spiro atoms. The molecule has 0 amide bonds. The van der Waals surface area contributed by atoms with Gasteiger partial charge in [0.15, 0.2) is 0 Å². The summed E-state index contributed by atoms with van der Waals surface area (Å²) < 4.78 is 2.13. The summed E-state index contributed by atoms with van der Waals surface area (Å²) in [6, 6.07) is 10.3. The minimum atomic E-state index is 1.02. The first-order chi connectivity index (χ1) is 8.86. The topological polar surface area (TPSA) is 30.7 Å². The number of hydrogen-bond donors (Lipinski definition) is 0. The number of benzene rings is 1. The molecule has 0 fully saturated rings. The fourth-order valence-electron chi connectivity index (χ4n) is 2.68. The molecule has 0 aliphatic carbocycles. The number of rotatable bonds is 0. The van der Waals surface area contributed by atoms with E-state index in [1.807, 2.05) is 24.5 Å². The van der Waals surface area contributed by atoms with E-state index in [1.165, 1.54) is 16.3 Å². The summed E-state index contributed by atoms with van der Waals surface area (Å²) in [5.74, 6) is 0. The van der Waals surface area contributed by atoms with E-state index >= 15 is 0 Å². The third-order valence-electron chi connectivity index (χ3n) is 3.45. The van der Waals surface area contributed by atoms with Gasteiger partial charge in [0.05, 0.1) is 16.6 Å². The monoisotopic (exact) mass is 233 g/mol. The molecule has 86 valence electrons. The number of fused-ring (bicyclic) bond motifs is 6. The Labute approximate surface area is 104 Å². The Balaban J connectivity index is 2.48. The molecule has 4 rings (SSSR count). The summed E-state index contributed by atoms with van der Waals surface area (Å²) >= 11 is 0. The van der Waals surface area contributed by atoms with Crippen LogP contribution in [0.4, 0.5) is 0 Å². The second-order valence-corrected chi connectivity index (χ2v) is 4.49. The lowest BCUT2D eigenvalue weighted by Gasteiger charge is -2.06. The Morgan fingerprint density at radius 1 is 0.833 bits per heavy atom. The Hall–Kier alpha value is -2.42. The van der Waals surface area contributed by atoms with Crippen LogP contribution in [0.15, 0.2) is 48.9 Å². The van der Waals surface area contributed by atoms with Gasteiger partial charge in [-0.3, -0.25) is 9.97 Å². The van der Waals surface area contributed by atoms with Crippen molar-refractivity contribution in [1.29, 1.82) is 0 Å². The highest BCUT2D eigenvalue weighted by Crippen LogP contribution is 2.32. The maximum absolute atomic E-state index is 4.53. The van der Waals surface area contributed by atoms with Crippen molar-refractivity contribution in [1.82, 2.24) is 14.5 Å². The van der Waals surface area contributed by atoms with Gasteiger partial charge < -0.3 is 4.57 Å². The maximum Gasteiger partial charge on any atom is 0.0817 e. The second kappa shape index (κ2) is 3.29. The lowest BCUT2D eigenvalue weighted by atomic mass is 10.1. The van der Waals surface area contributed by atoms with E-state index in [1.54, 1.807) is 0 Å². The second-order valence-electron chi connectivity index (χ2n) is 4.49. The fraction of sp³-hybridized carbons (Fsp3) is 0.0667. The van der Waals surface area contributed by atoms with E-state index in [-0.39, 0.29) is 0 Å². The number of aryl methyl sites for hydroxylation is 1. The summed E-state index contributed by atoms with van der Waals surface area (Å²) in [7, 11) is 2.06. The van der Waals surface area contributed by atoms with Crippen molar-refractivity contribution in [2.45, 2.75) is 0 Å². The summed E-state index contributed by atoms with van der Waals surface area (Å²) in [5.41, 5.74) is 3.25. The minimum Gasteiger partial charge on any atom is -0.350 e. The molecule has 3 heteroatoms. The third kappa shape index (κ3) is 1.08. The lowest BCUT2D eigenvalue weighted by Crippen LogP contribution is -1.90. The predicted octanol–water partition coefficient (Wildman–Crippen LogP) is 3.27. The van der Waals surface area contributed by atoms with E-state index in [9.17, 15) is 0 Å². The van der Waals surface area contributed by atoms with E-state index < -0.39 is 0 Å². The van der Waals surface area contributed by atoms with Crippen LogP contribution < -0.4 is 0 Å². The number of nitrogens with zero attached hydrogens (tertiary/aromatic N) is 3. The van der Waals surface area contributed by atoms with Crippen molar-refractivity contribution in [2.75, 3.05) is 0 Å². The molecule has 0 bridgehead atoms. The molecule has 18 heavy (non-hydrogen) atoms. The molecule has 0 radical (unpaired) electrons. The molecule has 0 saturated heterocycles. The first-order valence-corrected chi connectivity index (χ1v) is 5.93. The third-order valence-corrected chi connectivity index (χ3v) is 3.45. The van der Waals surface area contributed by atoms with Gasteiger partial charge in [0, 0.05) is 41.8 Å². The van der Waals surface area contributed by atoms with Gasteiger partial charge in [-0.15, -0.1) is 0 Å². The minimum absolute atomic E-state index is 1.02. The summed E-state index contributed by atoms with van der Waals surface area (Å²) in [6.45, 7) is 0. The van der Waals surface area contributed by atoms with Crippen molar-refractivity contribution >= 4 is 32.7 Å². The molecule has 0 aliphatic heterocycles. The number of aromatic nitrogens is 3. The van der Waals surface area contributed by atoms with Gasteiger partial charge in [-0.1, -0.05) is 0 Å².